The number of carbonyl (C=O) groups is 1. The SMILES string of the molecule is CCS(=O)(=O)N1CCC(C(=O)N2C[C@H]3CNC[C@H]3C2)(c2ccccc2)CC1. The van der Waals surface area contributed by atoms with Crippen LogP contribution in [0.3, 0.4) is 0 Å². The lowest BCUT2D eigenvalue weighted by Gasteiger charge is -2.42. The van der Waals surface area contributed by atoms with Gasteiger partial charge in [0.15, 0.2) is 0 Å². The number of nitrogens with zero attached hydrogens (tertiary/aromatic N) is 2. The van der Waals surface area contributed by atoms with Crippen molar-refractivity contribution in [1.82, 2.24) is 14.5 Å². The lowest BCUT2D eigenvalue weighted by molar-refractivity contribution is -0.138. The zero-order chi connectivity index (χ0) is 19.1. The van der Waals surface area contributed by atoms with Crippen molar-refractivity contribution in [2.24, 2.45) is 11.8 Å². The first-order valence-corrected chi connectivity index (χ1v) is 11.6. The molecule has 148 valence electrons. The summed E-state index contributed by atoms with van der Waals surface area (Å²) in [6.45, 7) is 6.14. The third-order valence-electron chi connectivity index (χ3n) is 6.75. The average molecular weight is 392 g/mol. The van der Waals surface area contributed by atoms with Crippen molar-refractivity contribution in [3.63, 3.8) is 0 Å². The molecule has 1 aromatic rings. The molecule has 0 saturated carbocycles. The summed E-state index contributed by atoms with van der Waals surface area (Å²) in [6.07, 6.45) is 1.11. The van der Waals surface area contributed by atoms with Gasteiger partial charge < -0.3 is 10.2 Å². The first-order valence-electron chi connectivity index (χ1n) is 10.00. The molecule has 3 aliphatic heterocycles. The highest BCUT2D eigenvalue weighted by molar-refractivity contribution is 7.89. The Labute approximate surface area is 162 Å². The molecular weight excluding hydrogens is 362 g/mol. The molecule has 0 aliphatic carbocycles. The highest BCUT2D eigenvalue weighted by Gasteiger charge is 2.49. The molecule has 0 unspecified atom stereocenters. The van der Waals surface area contributed by atoms with E-state index in [1.54, 1.807) is 11.2 Å². The van der Waals surface area contributed by atoms with Crippen LogP contribution in [-0.2, 0) is 20.2 Å². The maximum absolute atomic E-state index is 13.7. The molecular formula is C20H29N3O3S. The molecule has 3 aliphatic rings. The second kappa shape index (κ2) is 7.18. The molecule has 27 heavy (non-hydrogen) atoms. The smallest absolute Gasteiger partial charge is 0.233 e. The fourth-order valence-electron chi connectivity index (χ4n) is 5.04. The number of carbonyl (C=O) groups excluding carboxylic acids is 1. The van der Waals surface area contributed by atoms with E-state index >= 15 is 0 Å². The van der Waals surface area contributed by atoms with Crippen LogP contribution in [0.25, 0.3) is 0 Å². The zero-order valence-electron chi connectivity index (χ0n) is 15.9. The fraction of sp³-hybridized carbons (Fsp3) is 0.650. The van der Waals surface area contributed by atoms with Crippen LogP contribution < -0.4 is 5.32 Å². The summed E-state index contributed by atoms with van der Waals surface area (Å²) in [5.74, 6) is 1.42. The van der Waals surface area contributed by atoms with E-state index in [0.717, 1.165) is 31.7 Å². The van der Waals surface area contributed by atoms with E-state index in [9.17, 15) is 13.2 Å². The molecule has 6 nitrogen and oxygen atoms in total. The van der Waals surface area contributed by atoms with Gasteiger partial charge in [-0.3, -0.25) is 4.79 Å². The summed E-state index contributed by atoms with van der Waals surface area (Å²) >= 11 is 0. The van der Waals surface area contributed by atoms with E-state index in [2.05, 4.69) is 5.32 Å². The van der Waals surface area contributed by atoms with Crippen molar-refractivity contribution in [2.45, 2.75) is 25.2 Å². The second-order valence-corrected chi connectivity index (χ2v) is 10.4. The van der Waals surface area contributed by atoms with Gasteiger partial charge in [-0.05, 0) is 37.2 Å². The summed E-state index contributed by atoms with van der Waals surface area (Å²) in [5.41, 5.74) is 0.423. The molecule has 3 heterocycles. The van der Waals surface area contributed by atoms with Gasteiger partial charge in [-0.25, -0.2) is 12.7 Å². The second-order valence-electron chi connectivity index (χ2n) is 8.14. The van der Waals surface area contributed by atoms with Gasteiger partial charge in [0.2, 0.25) is 15.9 Å². The highest BCUT2D eigenvalue weighted by Crippen LogP contribution is 2.40. The number of hydrogen-bond donors (Lipinski definition) is 1. The number of rotatable bonds is 4. The van der Waals surface area contributed by atoms with Crippen LogP contribution in [0.15, 0.2) is 30.3 Å². The Bertz CT molecular complexity index is 776. The first kappa shape index (κ1) is 18.9. The molecule has 7 heteroatoms. The minimum absolute atomic E-state index is 0.113. The summed E-state index contributed by atoms with van der Waals surface area (Å²) < 4.78 is 26.1. The van der Waals surface area contributed by atoms with Crippen molar-refractivity contribution in [3.8, 4) is 0 Å². The number of nitrogens with one attached hydrogen (secondary N) is 1. The van der Waals surface area contributed by atoms with Crippen LogP contribution in [0.2, 0.25) is 0 Å². The van der Waals surface area contributed by atoms with Crippen molar-refractivity contribution in [2.75, 3.05) is 45.0 Å². The van der Waals surface area contributed by atoms with Crippen LogP contribution in [0.4, 0.5) is 0 Å². The number of amides is 1. The average Bonchev–Trinajstić information content (AvgIpc) is 3.30. The standard InChI is InChI=1S/C20H29N3O3S/c1-2-27(25,26)23-10-8-20(9-11-23,18-6-4-3-5-7-18)19(24)22-14-16-12-21-13-17(16)15-22/h3-7,16-17,21H,2,8-15H2,1H3/t16-,17+. The topological polar surface area (TPSA) is 69.7 Å². The third kappa shape index (κ3) is 3.30. The Morgan fingerprint density at radius 2 is 1.70 bits per heavy atom. The molecule has 1 amide bonds. The number of likely N-dealkylation sites (tertiary alicyclic amines) is 1. The van der Waals surface area contributed by atoms with Gasteiger partial charge in [0.1, 0.15) is 0 Å². The molecule has 3 saturated heterocycles. The molecule has 1 aromatic carbocycles. The lowest BCUT2D eigenvalue weighted by atomic mass is 9.72. The number of fused-ring (bicyclic) bond motifs is 1. The van der Waals surface area contributed by atoms with E-state index in [1.165, 1.54) is 0 Å². The molecule has 0 radical (unpaired) electrons. The number of hydrogen-bond acceptors (Lipinski definition) is 4. The normalized spacial score (nSPS) is 28.3. The Morgan fingerprint density at radius 3 is 2.26 bits per heavy atom. The fourth-order valence-corrected chi connectivity index (χ4v) is 6.14. The van der Waals surface area contributed by atoms with Crippen molar-refractivity contribution in [1.29, 1.82) is 0 Å². The van der Waals surface area contributed by atoms with Crippen LogP contribution in [-0.4, -0.2) is 68.6 Å². The predicted molar refractivity (Wildman–Crippen MR) is 105 cm³/mol. The van der Waals surface area contributed by atoms with Crippen LogP contribution in [0.1, 0.15) is 25.3 Å². The maximum atomic E-state index is 13.7. The quantitative estimate of drug-likeness (QED) is 0.833. The summed E-state index contributed by atoms with van der Waals surface area (Å²) in [7, 11) is -3.21. The van der Waals surface area contributed by atoms with Crippen LogP contribution in [0.5, 0.6) is 0 Å². The Balaban J connectivity index is 1.60. The van der Waals surface area contributed by atoms with Crippen LogP contribution in [0, 0.1) is 11.8 Å². The summed E-state index contributed by atoms with van der Waals surface area (Å²) in [4.78, 5) is 15.8. The molecule has 2 atom stereocenters. The van der Waals surface area contributed by atoms with Gasteiger partial charge in [-0.2, -0.15) is 0 Å². The number of piperidine rings is 1. The molecule has 4 rings (SSSR count). The van der Waals surface area contributed by atoms with E-state index in [0.29, 0.717) is 37.8 Å². The molecule has 1 N–H and O–H groups in total. The molecule has 0 bridgehead atoms. The summed E-state index contributed by atoms with van der Waals surface area (Å²) in [5, 5.41) is 3.42. The first-order chi connectivity index (χ1) is 13.0. The summed E-state index contributed by atoms with van der Waals surface area (Å²) in [6, 6.07) is 9.97. The maximum Gasteiger partial charge on any atom is 0.233 e. The van der Waals surface area contributed by atoms with Crippen molar-refractivity contribution in [3.05, 3.63) is 35.9 Å². The van der Waals surface area contributed by atoms with Gasteiger partial charge in [0, 0.05) is 39.3 Å². The molecule has 3 fully saturated rings. The molecule has 0 spiro atoms. The van der Waals surface area contributed by atoms with E-state index < -0.39 is 15.4 Å². The lowest BCUT2D eigenvalue weighted by Crippen LogP contribution is -2.54. The van der Waals surface area contributed by atoms with Gasteiger partial charge in [0.25, 0.3) is 0 Å². The number of benzene rings is 1. The predicted octanol–water partition coefficient (Wildman–Crippen LogP) is 1.05. The van der Waals surface area contributed by atoms with E-state index in [4.69, 9.17) is 0 Å². The minimum atomic E-state index is -3.21. The number of sulfonamides is 1. The minimum Gasteiger partial charge on any atom is -0.341 e. The van der Waals surface area contributed by atoms with E-state index in [-0.39, 0.29) is 11.7 Å². The highest BCUT2D eigenvalue weighted by atomic mass is 32.2. The van der Waals surface area contributed by atoms with Gasteiger partial charge in [-0.1, -0.05) is 30.3 Å². The van der Waals surface area contributed by atoms with Crippen molar-refractivity contribution >= 4 is 15.9 Å². The van der Waals surface area contributed by atoms with Crippen molar-refractivity contribution < 1.29 is 13.2 Å². The van der Waals surface area contributed by atoms with E-state index in [1.807, 2.05) is 35.2 Å². The van der Waals surface area contributed by atoms with Gasteiger partial charge in [0.05, 0.1) is 11.2 Å². The monoisotopic (exact) mass is 391 g/mol. The van der Waals surface area contributed by atoms with Gasteiger partial charge in [-0.15, -0.1) is 0 Å². The zero-order valence-corrected chi connectivity index (χ0v) is 16.7. The Hall–Kier alpha value is -1.44. The molecule has 0 aromatic heterocycles. The Morgan fingerprint density at radius 1 is 1.11 bits per heavy atom. The third-order valence-corrected chi connectivity index (χ3v) is 8.63. The largest absolute Gasteiger partial charge is 0.341 e. The van der Waals surface area contributed by atoms with Crippen LogP contribution >= 0.6 is 0 Å². The van der Waals surface area contributed by atoms with Gasteiger partial charge >= 0.3 is 0 Å². The Kier molecular flexibility index (Phi) is 5.03.